The Morgan fingerprint density at radius 2 is 2.00 bits per heavy atom. The summed E-state index contributed by atoms with van der Waals surface area (Å²) in [6.45, 7) is 3.60. The van der Waals surface area contributed by atoms with Gasteiger partial charge in [-0.1, -0.05) is 25.5 Å². The summed E-state index contributed by atoms with van der Waals surface area (Å²) in [5, 5.41) is 2.56. The number of methoxy groups -OCH3 is 1. The highest BCUT2D eigenvalue weighted by Crippen LogP contribution is 2.21. The summed E-state index contributed by atoms with van der Waals surface area (Å²) in [4.78, 5) is 0. The van der Waals surface area contributed by atoms with Gasteiger partial charge >= 0.3 is 0 Å². The molecular formula is C16H26NO+. The van der Waals surface area contributed by atoms with E-state index in [1.54, 1.807) is 7.11 Å². The van der Waals surface area contributed by atoms with Crippen molar-refractivity contribution in [2.24, 2.45) is 5.92 Å². The van der Waals surface area contributed by atoms with Crippen molar-refractivity contribution >= 4 is 0 Å². The molecule has 2 heteroatoms. The van der Waals surface area contributed by atoms with Crippen molar-refractivity contribution < 1.29 is 10.1 Å². The molecule has 1 aromatic carbocycles. The quantitative estimate of drug-likeness (QED) is 0.850. The van der Waals surface area contributed by atoms with Gasteiger partial charge in [0.25, 0.3) is 0 Å². The fraction of sp³-hybridized carbons (Fsp3) is 0.625. The van der Waals surface area contributed by atoms with Crippen LogP contribution in [0.25, 0.3) is 0 Å². The molecule has 100 valence electrons. The highest BCUT2D eigenvalue weighted by atomic mass is 16.5. The van der Waals surface area contributed by atoms with Crippen LogP contribution in [0.15, 0.2) is 24.3 Å². The van der Waals surface area contributed by atoms with Gasteiger partial charge in [0.15, 0.2) is 0 Å². The van der Waals surface area contributed by atoms with E-state index in [-0.39, 0.29) is 0 Å². The third kappa shape index (κ3) is 4.02. The average molecular weight is 248 g/mol. The van der Waals surface area contributed by atoms with Crippen LogP contribution in [-0.2, 0) is 6.42 Å². The molecule has 18 heavy (non-hydrogen) atoms. The second-order valence-corrected chi connectivity index (χ2v) is 5.65. The molecule has 0 bridgehead atoms. The molecular weight excluding hydrogens is 222 g/mol. The molecule has 1 fully saturated rings. The smallest absolute Gasteiger partial charge is 0.118 e. The zero-order valence-electron chi connectivity index (χ0n) is 11.7. The molecule has 0 saturated heterocycles. The molecule has 0 aromatic heterocycles. The Hall–Kier alpha value is -1.02. The van der Waals surface area contributed by atoms with Crippen LogP contribution in [-0.4, -0.2) is 19.7 Å². The fourth-order valence-electron chi connectivity index (χ4n) is 2.97. The van der Waals surface area contributed by atoms with Gasteiger partial charge < -0.3 is 10.1 Å². The monoisotopic (exact) mass is 248 g/mol. The van der Waals surface area contributed by atoms with Gasteiger partial charge in [0, 0.05) is 12.8 Å². The molecule has 1 aliphatic carbocycles. The Bertz CT molecular complexity index is 347. The third-order valence-corrected chi connectivity index (χ3v) is 4.07. The lowest BCUT2D eigenvalue weighted by Gasteiger charge is -2.24. The van der Waals surface area contributed by atoms with Crippen molar-refractivity contribution in [3.8, 4) is 5.75 Å². The maximum atomic E-state index is 5.17. The van der Waals surface area contributed by atoms with Gasteiger partial charge in [-0.2, -0.15) is 0 Å². The van der Waals surface area contributed by atoms with E-state index in [9.17, 15) is 0 Å². The molecule has 0 aliphatic heterocycles. The number of benzene rings is 1. The lowest BCUT2D eigenvalue weighted by atomic mass is 9.87. The van der Waals surface area contributed by atoms with Gasteiger partial charge in [0.2, 0.25) is 0 Å². The minimum Gasteiger partial charge on any atom is -0.497 e. The van der Waals surface area contributed by atoms with Crippen LogP contribution >= 0.6 is 0 Å². The number of rotatable bonds is 5. The number of ether oxygens (including phenoxy) is 1. The van der Waals surface area contributed by atoms with E-state index in [0.29, 0.717) is 0 Å². The summed E-state index contributed by atoms with van der Waals surface area (Å²) >= 11 is 0. The number of hydrogen-bond acceptors (Lipinski definition) is 1. The largest absolute Gasteiger partial charge is 0.497 e. The molecule has 2 rings (SSSR count). The first-order valence-electron chi connectivity index (χ1n) is 7.24. The molecule has 0 unspecified atom stereocenters. The number of hydrogen-bond donors (Lipinski definition) is 1. The number of nitrogens with two attached hydrogens (primary N) is 1. The van der Waals surface area contributed by atoms with Crippen molar-refractivity contribution in [1.29, 1.82) is 0 Å². The molecule has 1 aromatic rings. The van der Waals surface area contributed by atoms with E-state index in [0.717, 1.165) is 24.1 Å². The topological polar surface area (TPSA) is 25.8 Å². The van der Waals surface area contributed by atoms with E-state index in [2.05, 4.69) is 36.5 Å². The Balaban J connectivity index is 1.70. The van der Waals surface area contributed by atoms with E-state index in [4.69, 9.17) is 4.74 Å². The zero-order chi connectivity index (χ0) is 12.8. The van der Waals surface area contributed by atoms with Crippen molar-refractivity contribution in [3.63, 3.8) is 0 Å². The molecule has 1 aliphatic rings. The van der Waals surface area contributed by atoms with Crippen LogP contribution in [0.4, 0.5) is 0 Å². The predicted molar refractivity (Wildman–Crippen MR) is 74.9 cm³/mol. The molecule has 2 nitrogen and oxygen atoms in total. The Morgan fingerprint density at radius 1 is 1.22 bits per heavy atom. The van der Waals surface area contributed by atoms with Gasteiger partial charge in [-0.25, -0.2) is 0 Å². The Kier molecular flexibility index (Phi) is 5.06. The average Bonchev–Trinajstić information content (AvgIpc) is 2.40. The molecule has 0 amide bonds. The summed E-state index contributed by atoms with van der Waals surface area (Å²) in [7, 11) is 1.72. The summed E-state index contributed by atoms with van der Waals surface area (Å²) in [6.07, 6.45) is 6.83. The lowest BCUT2D eigenvalue weighted by Crippen LogP contribution is -2.90. The second kappa shape index (κ2) is 6.79. The molecule has 2 N–H and O–H groups in total. The summed E-state index contributed by atoms with van der Waals surface area (Å²) in [6, 6.07) is 9.33. The van der Waals surface area contributed by atoms with Crippen molar-refractivity contribution in [3.05, 3.63) is 29.8 Å². The van der Waals surface area contributed by atoms with E-state index >= 15 is 0 Å². The Labute approximate surface area is 111 Å². The standard InChI is InChI=1S/C16H25NO/c1-13-4-3-5-15(12-13)17-11-10-14-6-8-16(18-2)9-7-14/h6-9,13,15,17H,3-5,10-12H2,1-2H3/p+1/t13-,15+/m1/s1. The minimum absolute atomic E-state index is 0.868. The van der Waals surface area contributed by atoms with Crippen LogP contribution < -0.4 is 10.1 Å². The normalized spacial score (nSPS) is 23.9. The molecule has 1 saturated carbocycles. The van der Waals surface area contributed by atoms with Crippen LogP contribution in [0.3, 0.4) is 0 Å². The van der Waals surface area contributed by atoms with E-state index in [1.807, 2.05) is 0 Å². The van der Waals surface area contributed by atoms with Crippen LogP contribution in [0.1, 0.15) is 38.2 Å². The summed E-state index contributed by atoms with van der Waals surface area (Å²) < 4.78 is 5.17. The van der Waals surface area contributed by atoms with Crippen LogP contribution in [0.2, 0.25) is 0 Å². The van der Waals surface area contributed by atoms with Gasteiger partial charge in [-0.15, -0.1) is 0 Å². The van der Waals surface area contributed by atoms with Crippen molar-refractivity contribution in [1.82, 2.24) is 0 Å². The lowest BCUT2D eigenvalue weighted by molar-refractivity contribution is -0.692. The maximum absolute atomic E-state index is 5.17. The molecule has 2 atom stereocenters. The Morgan fingerprint density at radius 3 is 2.67 bits per heavy atom. The minimum atomic E-state index is 0.868. The van der Waals surface area contributed by atoms with Crippen LogP contribution in [0, 0.1) is 5.92 Å². The number of quaternary nitrogens is 1. The maximum Gasteiger partial charge on any atom is 0.118 e. The predicted octanol–water partition coefficient (Wildman–Crippen LogP) is 2.38. The third-order valence-electron chi connectivity index (χ3n) is 4.07. The van der Waals surface area contributed by atoms with Crippen molar-refractivity contribution in [2.75, 3.05) is 13.7 Å². The zero-order valence-corrected chi connectivity index (χ0v) is 11.7. The van der Waals surface area contributed by atoms with E-state index < -0.39 is 0 Å². The summed E-state index contributed by atoms with van der Waals surface area (Å²) in [5.74, 6) is 1.88. The second-order valence-electron chi connectivity index (χ2n) is 5.65. The van der Waals surface area contributed by atoms with Crippen LogP contribution in [0.5, 0.6) is 5.75 Å². The highest BCUT2D eigenvalue weighted by Gasteiger charge is 2.20. The first kappa shape index (κ1) is 13.4. The first-order chi connectivity index (χ1) is 8.78. The summed E-state index contributed by atoms with van der Waals surface area (Å²) in [5.41, 5.74) is 1.41. The molecule has 0 heterocycles. The van der Waals surface area contributed by atoms with Gasteiger partial charge in [0.05, 0.1) is 19.7 Å². The van der Waals surface area contributed by atoms with Crippen molar-refractivity contribution in [2.45, 2.75) is 45.1 Å². The fourth-order valence-corrected chi connectivity index (χ4v) is 2.97. The van der Waals surface area contributed by atoms with Gasteiger partial charge in [-0.3, -0.25) is 0 Å². The van der Waals surface area contributed by atoms with Gasteiger partial charge in [0.1, 0.15) is 5.75 Å². The van der Waals surface area contributed by atoms with E-state index in [1.165, 1.54) is 37.8 Å². The SMILES string of the molecule is COc1ccc(CC[NH2+][C@H]2CCC[C@@H](C)C2)cc1. The highest BCUT2D eigenvalue weighted by molar-refractivity contribution is 5.27. The first-order valence-corrected chi connectivity index (χ1v) is 7.24. The molecule has 0 spiro atoms. The van der Waals surface area contributed by atoms with Gasteiger partial charge in [-0.05, 0) is 36.5 Å². The molecule has 0 radical (unpaired) electrons.